The summed E-state index contributed by atoms with van der Waals surface area (Å²) < 4.78 is 12.8. The molecule has 1 aliphatic heterocycles. The van der Waals surface area contributed by atoms with Crippen LogP contribution in [0.25, 0.3) is 11.3 Å². The summed E-state index contributed by atoms with van der Waals surface area (Å²) >= 11 is 0. The van der Waals surface area contributed by atoms with Crippen LogP contribution in [0.2, 0.25) is 0 Å². The van der Waals surface area contributed by atoms with E-state index >= 15 is 0 Å². The highest BCUT2D eigenvalue weighted by Gasteiger charge is 2.15. The Bertz CT molecular complexity index is 518. The normalized spacial score (nSPS) is 18.3. The largest absolute Gasteiger partial charge is 0.314 e. The van der Waals surface area contributed by atoms with Crippen LogP contribution in [0, 0.1) is 5.82 Å². The van der Waals surface area contributed by atoms with Gasteiger partial charge in [-0.1, -0.05) is 0 Å². The summed E-state index contributed by atoms with van der Waals surface area (Å²) in [5.41, 5.74) is 2.95. The van der Waals surface area contributed by atoms with E-state index in [4.69, 9.17) is 0 Å². The number of rotatable bonds is 3. The van der Waals surface area contributed by atoms with Gasteiger partial charge in [0, 0.05) is 23.7 Å². The molecule has 19 heavy (non-hydrogen) atoms. The summed E-state index contributed by atoms with van der Waals surface area (Å²) in [5, 5.41) is 10.8. The van der Waals surface area contributed by atoms with Gasteiger partial charge >= 0.3 is 0 Å². The minimum Gasteiger partial charge on any atom is -0.314 e. The van der Waals surface area contributed by atoms with Gasteiger partial charge in [0.25, 0.3) is 0 Å². The van der Waals surface area contributed by atoms with E-state index < -0.39 is 0 Å². The first-order valence-corrected chi connectivity index (χ1v) is 6.35. The Balaban J connectivity index is 0.00000133. The number of aromatic nitrogens is 2. The maximum Gasteiger partial charge on any atom is 0.123 e. The molecule has 0 aliphatic carbocycles. The molecule has 2 aromatic rings. The molecule has 0 saturated carbocycles. The number of benzene rings is 1. The van der Waals surface area contributed by atoms with Gasteiger partial charge in [-0.15, -0.1) is 12.4 Å². The molecule has 1 aromatic carbocycles. The van der Waals surface area contributed by atoms with Gasteiger partial charge in [-0.25, -0.2) is 4.39 Å². The third-order valence-electron chi connectivity index (χ3n) is 3.40. The Morgan fingerprint density at radius 3 is 2.74 bits per heavy atom. The fraction of sp³-hybridized carbons (Fsp3) is 0.357. The maximum atomic E-state index is 12.8. The van der Waals surface area contributed by atoms with E-state index in [9.17, 15) is 4.39 Å². The number of hydrogen-bond donors (Lipinski definition) is 2. The molecular formula is C14H17ClFN3. The molecule has 1 unspecified atom stereocenters. The predicted molar refractivity (Wildman–Crippen MR) is 76.0 cm³/mol. The van der Waals surface area contributed by atoms with Gasteiger partial charge in [0.15, 0.2) is 0 Å². The van der Waals surface area contributed by atoms with Crippen LogP contribution >= 0.6 is 12.4 Å². The Kier molecular flexibility index (Phi) is 4.56. The monoisotopic (exact) mass is 281 g/mol. The quantitative estimate of drug-likeness (QED) is 0.908. The van der Waals surface area contributed by atoms with E-state index in [2.05, 4.69) is 15.5 Å². The predicted octanol–water partition coefficient (Wildman–Crippen LogP) is 2.93. The summed E-state index contributed by atoms with van der Waals surface area (Å²) in [6.45, 7) is 1.11. The molecule has 5 heteroatoms. The fourth-order valence-corrected chi connectivity index (χ4v) is 2.43. The van der Waals surface area contributed by atoms with Crippen molar-refractivity contribution in [3.8, 4) is 11.3 Å². The second-order valence-electron chi connectivity index (χ2n) is 4.78. The average molecular weight is 282 g/mol. The van der Waals surface area contributed by atoms with Crippen molar-refractivity contribution in [3.63, 3.8) is 0 Å². The smallest absolute Gasteiger partial charge is 0.123 e. The minimum atomic E-state index is -0.218. The number of nitrogens with one attached hydrogen (secondary N) is 2. The first kappa shape index (κ1) is 14.0. The van der Waals surface area contributed by atoms with Gasteiger partial charge in [0.1, 0.15) is 5.82 Å². The van der Waals surface area contributed by atoms with Crippen molar-refractivity contribution in [2.45, 2.75) is 25.3 Å². The third-order valence-corrected chi connectivity index (χ3v) is 3.40. The second-order valence-corrected chi connectivity index (χ2v) is 4.78. The highest BCUT2D eigenvalue weighted by molar-refractivity contribution is 5.85. The first-order valence-electron chi connectivity index (χ1n) is 6.35. The van der Waals surface area contributed by atoms with Crippen LogP contribution in [0.3, 0.4) is 0 Å². The van der Waals surface area contributed by atoms with E-state index in [-0.39, 0.29) is 18.2 Å². The van der Waals surface area contributed by atoms with E-state index in [1.807, 2.05) is 6.07 Å². The van der Waals surface area contributed by atoms with E-state index in [0.717, 1.165) is 29.9 Å². The molecule has 0 radical (unpaired) electrons. The Morgan fingerprint density at radius 1 is 1.26 bits per heavy atom. The molecule has 1 aromatic heterocycles. The van der Waals surface area contributed by atoms with E-state index in [1.165, 1.54) is 25.0 Å². The number of hydrogen-bond acceptors (Lipinski definition) is 2. The first-order chi connectivity index (χ1) is 8.81. The molecule has 3 nitrogen and oxygen atoms in total. The molecule has 0 spiro atoms. The number of halogens is 2. The zero-order valence-electron chi connectivity index (χ0n) is 10.5. The van der Waals surface area contributed by atoms with Crippen molar-refractivity contribution in [1.82, 2.24) is 15.5 Å². The van der Waals surface area contributed by atoms with Crippen molar-refractivity contribution in [1.29, 1.82) is 0 Å². The van der Waals surface area contributed by atoms with Gasteiger partial charge in [-0.2, -0.15) is 5.10 Å². The molecule has 1 aliphatic rings. The summed E-state index contributed by atoms with van der Waals surface area (Å²) in [7, 11) is 0. The summed E-state index contributed by atoms with van der Waals surface area (Å²) in [6, 6.07) is 9.04. The van der Waals surface area contributed by atoms with Crippen LogP contribution in [-0.4, -0.2) is 22.8 Å². The SMILES string of the molecule is Cl.Fc1ccc(-c2cc(CC3CCCN3)[nH]n2)cc1. The molecule has 102 valence electrons. The van der Waals surface area contributed by atoms with Crippen LogP contribution < -0.4 is 5.32 Å². The van der Waals surface area contributed by atoms with Crippen LogP contribution in [0.15, 0.2) is 30.3 Å². The molecule has 1 atom stereocenters. The lowest BCUT2D eigenvalue weighted by Gasteiger charge is -2.06. The summed E-state index contributed by atoms with van der Waals surface area (Å²) in [5.74, 6) is -0.218. The van der Waals surface area contributed by atoms with Crippen LogP contribution in [-0.2, 0) is 6.42 Å². The Labute approximate surface area is 118 Å². The molecule has 0 amide bonds. The molecular weight excluding hydrogens is 265 g/mol. The highest BCUT2D eigenvalue weighted by Crippen LogP contribution is 2.19. The lowest BCUT2D eigenvalue weighted by Crippen LogP contribution is -2.23. The van der Waals surface area contributed by atoms with Gasteiger partial charge in [-0.3, -0.25) is 5.10 Å². The Morgan fingerprint density at radius 2 is 2.05 bits per heavy atom. The van der Waals surface area contributed by atoms with Crippen molar-refractivity contribution >= 4 is 12.4 Å². The third kappa shape index (κ3) is 3.33. The fourth-order valence-electron chi connectivity index (χ4n) is 2.43. The summed E-state index contributed by atoms with van der Waals surface area (Å²) in [6.07, 6.45) is 3.46. The standard InChI is InChI=1S/C14H16FN3.ClH/c15-11-5-3-10(4-6-11)14-9-13(17-18-14)8-12-2-1-7-16-12;/h3-6,9,12,16H,1-2,7-8H2,(H,17,18);1H. The van der Waals surface area contributed by atoms with Crippen molar-refractivity contribution in [2.24, 2.45) is 0 Å². The molecule has 2 N–H and O–H groups in total. The van der Waals surface area contributed by atoms with Crippen molar-refractivity contribution in [2.75, 3.05) is 6.54 Å². The molecule has 3 rings (SSSR count). The lowest BCUT2D eigenvalue weighted by molar-refractivity contribution is 0.594. The molecule has 0 bridgehead atoms. The maximum absolute atomic E-state index is 12.8. The van der Waals surface area contributed by atoms with Crippen molar-refractivity contribution in [3.05, 3.63) is 41.8 Å². The number of aromatic amines is 1. The van der Waals surface area contributed by atoms with E-state index in [0.29, 0.717) is 6.04 Å². The second kappa shape index (κ2) is 6.17. The van der Waals surface area contributed by atoms with Gasteiger partial charge in [0.05, 0.1) is 5.69 Å². The zero-order chi connectivity index (χ0) is 12.4. The van der Waals surface area contributed by atoms with Gasteiger partial charge < -0.3 is 5.32 Å². The molecule has 1 saturated heterocycles. The number of H-pyrrole nitrogens is 1. The number of nitrogens with zero attached hydrogens (tertiary/aromatic N) is 1. The topological polar surface area (TPSA) is 40.7 Å². The minimum absolute atomic E-state index is 0. The average Bonchev–Trinajstić information content (AvgIpc) is 3.02. The van der Waals surface area contributed by atoms with E-state index in [1.54, 1.807) is 12.1 Å². The highest BCUT2D eigenvalue weighted by atomic mass is 35.5. The van der Waals surface area contributed by atoms with Crippen LogP contribution in [0.4, 0.5) is 4.39 Å². The van der Waals surface area contributed by atoms with Crippen LogP contribution in [0.1, 0.15) is 18.5 Å². The molecule has 1 fully saturated rings. The van der Waals surface area contributed by atoms with Gasteiger partial charge in [-0.05, 0) is 49.7 Å². The zero-order valence-corrected chi connectivity index (χ0v) is 11.3. The Hall–Kier alpha value is -1.39. The van der Waals surface area contributed by atoms with Gasteiger partial charge in [0.2, 0.25) is 0 Å². The lowest BCUT2D eigenvalue weighted by atomic mass is 10.1. The van der Waals surface area contributed by atoms with Crippen molar-refractivity contribution < 1.29 is 4.39 Å². The van der Waals surface area contributed by atoms with Crippen LogP contribution in [0.5, 0.6) is 0 Å². The molecule has 2 heterocycles. The summed E-state index contributed by atoms with van der Waals surface area (Å²) in [4.78, 5) is 0.